The number of nitrogens with zero attached hydrogens (tertiary/aromatic N) is 2. The lowest BCUT2D eigenvalue weighted by Gasteiger charge is -2.00. The van der Waals surface area contributed by atoms with Crippen LogP contribution >= 0.6 is 15.9 Å². The monoisotopic (exact) mass is 209 g/mol. The van der Waals surface area contributed by atoms with Crippen molar-refractivity contribution in [1.29, 1.82) is 0 Å². The van der Waals surface area contributed by atoms with Crippen molar-refractivity contribution in [3.63, 3.8) is 0 Å². The highest BCUT2D eigenvalue weighted by Crippen LogP contribution is 2.11. The van der Waals surface area contributed by atoms with Crippen LogP contribution in [-0.2, 0) is 0 Å². The van der Waals surface area contributed by atoms with Crippen molar-refractivity contribution in [2.24, 2.45) is 0 Å². The van der Waals surface area contributed by atoms with Crippen LogP contribution in [0.25, 0.3) is 0 Å². The first-order valence-corrected chi connectivity index (χ1v) is 3.13. The Morgan fingerprint density at radius 2 is 2.50 bits per heavy atom. The Labute approximate surface area is 81.4 Å². The fourth-order valence-electron chi connectivity index (χ4n) is 0.367. The van der Waals surface area contributed by atoms with Crippen LogP contribution < -0.4 is 0 Å². The van der Waals surface area contributed by atoms with Crippen LogP contribution in [0.3, 0.4) is 0 Å². The van der Waals surface area contributed by atoms with Gasteiger partial charge in [-0.3, -0.25) is 0 Å². The summed E-state index contributed by atoms with van der Waals surface area (Å²) < 4.78 is 66.4. The average molecular weight is 210 g/mol. The minimum Gasteiger partial charge on any atom is -0.154 e. The molecular formula is C7H9BrN2. The maximum absolute atomic E-state index is 7.83. The summed E-state index contributed by atoms with van der Waals surface area (Å²) in [5.74, 6) is -3.11. The predicted octanol–water partition coefficient (Wildman–Crippen LogP) is 2.36. The largest absolute Gasteiger partial charge is 0.154 e. The smallest absolute Gasteiger partial charge is 0.128 e. The Morgan fingerprint density at radius 3 is 3.20 bits per heavy atom. The van der Waals surface area contributed by atoms with Crippen molar-refractivity contribution in [1.82, 2.24) is 10.2 Å². The summed E-state index contributed by atoms with van der Waals surface area (Å²) in [6.07, 6.45) is 0. The van der Waals surface area contributed by atoms with Crippen LogP contribution in [0.1, 0.15) is 37.6 Å². The summed E-state index contributed by atoms with van der Waals surface area (Å²) >= 11 is 2.82. The van der Waals surface area contributed by atoms with Crippen LogP contribution in [0.2, 0.25) is 0 Å². The lowest BCUT2D eigenvalue weighted by Crippen LogP contribution is -1.93. The van der Waals surface area contributed by atoms with Gasteiger partial charge >= 0.3 is 0 Å². The van der Waals surface area contributed by atoms with E-state index in [0.29, 0.717) is 0 Å². The maximum Gasteiger partial charge on any atom is 0.128 e. The third-order valence-electron chi connectivity index (χ3n) is 0.759. The zero-order valence-corrected chi connectivity index (χ0v) is 6.36. The van der Waals surface area contributed by atoms with Crippen LogP contribution in [-0.4, -0.2) is 10.2 Å². The molecule has 0 aliphatic carbocycles. The summed E-state index contributed by atoms with van der Waals surface area (Å²) in [5, 5.41) is 6.70. The van der Waals surface area contributed by atoms with Gasteiger partial charge in [0.15, 0.2) is 0 Å². The summed E-state index contributed by atoms with van der Waals surface area (Å²) in [4.78, 5) is 0. The van der Waals surface area contributed by atoms with Crippen LogP contribution in [0.15, 0.2) is 16.7 Å². The van der Waals surface area contributed by atoms with Crippen molar-refractivity contribution in [2.75, 3.05) is 0 Å². The number of rotatable bonds is 1. The number of aromatic nitrogens is 2. The SMILES string of the molecule is [2H]c1c(Br)nnc(C([2H])(C([2H])([2H])[2H])C([2H])([2H])[2H])c1[2H]. The molecule has 0 aliphatic rings. The first-order chi connectivity index (χ1) is 8.34. The summed E-state index contributed by atoms with van der Waals surface area (Å²) in [6, 6.07) is -1.26. The molecule has 0 N–H and O–H groups in total. The van der Waals surface area contributed by atoms with Crippen LogP contribution in [0, 0.1) is 0 Å². The zero-order chi connectivity index (χ0) is 15.2. The summed E-state index contributed by atoms with van der Waals surface area (Å²) in [5.41, 5.74) is -0.860. The quantitative estimate of drug-likeness (QED) is 0.711. The second kappa shape index (κ2) is 3.10. The predicted molar refractivity (Wildman–Crippen MR) is 43.8 cm³/mol. The molecule has 0 bridgehead atoms. The highest BCUT2D eigenvalue weighted by atomic mass is 79.9. The minimum atomic E-state index is -3.25. The van der Waals surface area contributed by atoms with Crippen LogP contribution in [0.4, 0.5) is 0 Å². The van der Waals surface area contributed by atoms with Crippen LogP contribution in [0.5, 0.6) is 0 Å². The summed E-state index contributed by atoms with van der Waals surface area (Å²) in [7, 11) is 0. The summed E-state index contributed by atoms with van der Waals surface area (Å²) in [6.45, 7) is -6.49. The molecule has 0 spiro atoms. The number of hydrogen-bond acceptors (Lipinski definition) is 2. The molecule has 1 aromatic heterocycles. The van der Waals surface area contributed by atoms with Gasteiger partial charge in [0.05, 0.1) is 8.44 Å². The first-order valence-electron chi connectivity index (χ1n) is 6.84. The van der Waals surface area contributed by atoms with Gasteiger partial charge in [-0.2, -0.15) is 5.10 Å². The Hall–Kier alpha value is -0.440. The van der Waals surface area contributed by atoms with E-state index in [9.17, 15) is 0 Å². The second-order valence-corrected chi connectivity index (χ2v) is 2.22. The second-order valence-electron chi connectivity index (χ2n) is 1.46. The molecular weight excluding hydrogens is 192 g/mol. The molecule has 0 saturated carbocycles. The van der Waals surface area contributed by atoms with Gasteiger partial charge < -0.3 is 0 Å². The standard InChI is InChI=1S/C7H9BrN2/c1-5(2)6-3-4-7(8)10-9-6/h3-5H,1-2H3/i1D3,2D3,3D,4D,5D. The van der Waals surface area contributed by atoms with Crippen molar-refractivity contribution in [3.8, 4) is 0 Å². The molecule has 1 aromatic rings. The fraction of sp³-hybridized carbons (Fsp3) is 0.429. The van der Waals surface area contributed by atoms with Crippen molar-refractivity contribution in [2.45, 2.75) is 19.6 Å². The Kier molecular flexibility index (Phi) is 0.631. The topological polar surface area (TPSA) is 25.8 Å². The van der Waals surface area contributed by atoms with E-state index in [4.69, 9.17) is 12.3 Å². The molecule has 1 heterocycles. The van der Waals surface area contributed by atoms with Gasteiger partial charge in [-0.25, -0.2) is 0 Å². The van der Waals surface area contributed by atoms with Gasteiger partial charge in [0.1, 0.15) is 4.60 Å². The maximum atomic E-state index is 7.83. The lowest BCUT2D eigenvalue weighted by atomic mass is 10.1. The zero-order valence-electron chi connectivity index (χ0n) is 13.8. The molecule has 0 aromatic carbocycles. The van der Waals surface area contributed by atoms with Crippen molar-refractivity contribution >= 4 is 15.9 Å². The van der Waals surface area contributed by atoms with Gasteiger partial charge in [-0.15, -0.1) is 5.10 Å². The Morgan fingerprint density at radius 1 is 1.70 bits per heavy atom. The molecule has 1 rings (SSSR count). The minimum absolute atomic E-state index is 0.125. The molecule has 54 valence electrons. The van der Waals surface area contributed by atoms with Gasteiger partial charge in [0.25, 0.3) is 0 Å². The molecule has 3 heteroatoms. The molecule has 10 heavy (non-hydrogen) atoms. The van der Waals surface area contributed by atoms with E-state index in [2.05, 4.69) is 26.1 Å². The third-order valence-corrected chi connectivity index (χ3v) is 1.12. The van der Waals surface area contributed by atoms with Gasteiger partial charge in [-0.1, -0.05) is 13.7 Å². The average Bonchev–Trinajstić information content (AvgIpc) is 2.22. The fourth-order valence-corrected chi connectivity index (χ4v) is 0.546. The lowest BCUT2D eigenvalue weighted by molar-refractivity contribution is 0.780. The van der Waals surface area contributed by atoms with E-state index < -0.39 is 37.4 Å². The molecule has 0 amide bonds. The Balaban J connectivity index is 3.67. The highest BCUT2D eigenvalue weighted by molar-refractivity contribution is 9.10. The normalized spacial score (nSPS) is 27.1. The van der Waals surface area contributed by atoms with E-state index in [1.54, 1.807) is 0 Å². The van der Waals surface area contributed by atoms with Crippen molar-refractivity contribution in [3.05, 3.63) is 22.4 Å². The van der Waals surface area contributed by atoms with Gasteiger partial charge in [-0.05, 0) is 33.9 Å². The Bertz CT molecular complexity index is 481. The number of halogens is 1. The molecule has 0 saturated heterocycles. The molecule has 2 nitrogen and oxygen atoms in total. The van der Waals surface area contributed by atoms with Gasteiger partial charge in [0.2, 0.25) is 0 Å². The molecule has 0 radical (unpaired) electrons. The molecule has 0 atom stereocenters. The first kappa shape index (κ1) is 2.03. The van der Waals surface area contributed by atoms with E-state index >= 15 is 0 Å². The highest BCUT2D eigenvalue weighted by Gasteiger charge is 1.99. The molecule has 0 fully saturated rings. The van der Waals surface area contributed by atoms with E-state index in [-0.39, 0.29) is 4.60 Å². The third kappa shape index (κ3) is 1.77. The van der Waals surface area contributed by atoms with Crippen molar-refractivity contribution < 1.29 is 12.3 Å². The van der Waals surface area contributed by atoms with E-state index in [1.165, 1.54) is 0 Å². The van der Waals surface area contributed by atoms with E-state index in [0.717, 1.165) is 0 Å². The van der Waals surface area contributed by atoms with E-state index in [1.807, 2.05) is 0 Å². The molecule has 0 aliphatic heterocycles. The molecule has 0 unspecified atom stereocenters. The van der Waals surface area contributed by atoms with Gasteiger partial charge in [0, 0.05) is 9.60 Å². The number of hydrogen-bond donors (Lipinski definition) is 0.